The largest absolute Gasteiger partial charge is 0.494 e. The number of hydrogen-bond acceptors (Lipinski definition) is 7. The molecule has 0 fully saturated rings. The van der Waals surface area contributed by atoms with Gasteiger partial charge in [0.15, 0.2) is 11.6 Å². The Morgan fingerprint density at radius 1 is 0.935 bits per heavy atom. The summed E-state index contributed by atoms with van der Waals surface area (Å²) in [5, 5.41) is 19.8. The fourth-order valence-corrected chi connectivity index (χ4v) is 5.33. The van der Waals surface area contributed by atoms with Gasteiger partial charge in [-0.2, -0.15) is 0 Å². The predicted molar refractivity (Wildman–Crippen MR) is 173 cm³/mol. The lowest BCUT2D eigenvalue weighted by atomic mass is 9.80. The molecule has 1 heterocycles. The lowest BCUT2D eigenvalue weighted by Crippen LogP contribution is -2.50. The molecule has 12 nitrogen and oxygen atoms in total. The Bertz CT molecular complexity index is 1780. The number of carbonyl (C=O) groups is 1. The van der Waals surface area contributed by atoms with Gasteiger partial charge in [0.2, 0.25) is 5.90 Å². The van der Waals surface area contributed by atoms with Crippen LogP contribution in [0.1, 0.15) is 40.3 Å². The second-order valence-electron chi connectivity index (χ2n) is 10.5. The van der Waals surface area contributed by atoms with Crippen molar-refractivity contribution >= 4 is 17.5 Å². The number of rotatable bonds is 14. The first-order chi connectivity index (χ1) is 22.6. The molecule has 2 N–H and O–H groups in total. The first-order valence-corrected chi connectivity index (χ1v) is 14.7. The van der Waals surface area contributed by atoms with Crippen LogP contribution in [-0.2, 0) is 29.0 Å². The van der Waals surface area contributed by atoms with E-state index in [-0.39, 0.29) is 32.0 Å². The van der Waals surface area contributed by atoms with Crippen LogP contribution in [-0.4, -0.2) is 35.7 Å². The highest BCUT2D eigenvalue weighted by atomic mass is 16.5. The van der Waals surface area contributed by atoms with Crippen molar-refractivity contribution in [1.82, 2.24) is 5.32 Å². The van der Waals surface area contributed by atoms with E-state index in [1.54, 1.807) is 42.5 Å². The zero-order valence-corrected chi connectivity index (χ0v) is 24.9. The van der Waals surface area contributed by atoms with Crippen LogP contribution in [0.4, 0.5) is 5.69 Å². The Kier molecular flexibility index (Phi) is 10.5. The molecule has 4 aromatic rings. The maximum Gasteiger partial charge on any atom is 0.252 e. The summed E-state index contributed by atoms with van der Waals surface area (Å²) in [7, 11) is 0. The molecule has 232 valence electrons. The Morgan fingerprint density at radius 3 is 2.39 bits per heavy atom. The van der Waals surface area contributed by atoms with Crippen LogP contribution in [0.3, 0.4) is 0 Å². The smallest absolute Gasteiger partial charge is 0.252 e. The number of benzene rings is 4. The summed E-state index contributed by atoms with van der Waals surface area (Å²) in [4.78, 5) is 25.6. The van der Waals surface area contributed by atoms with E-state index in [1.807, 2.05) is 60.7 Å². The number of carbonyl (C=O) groups excluding carboxylic acids is 1. The number of aliphatic imine (C=N–C) groups is 1. The number of hydrogen-bond donors (Lipinski definition) is 2. The Hall–Kier alpha value is -5.80. The first kappa shape index (κ1) is 31.6. The number of aliphatic hydroxyl groups excluding tert-OH is 1. The molecule has 1 aliphatic heterocycles. The number of ether oxygens (including phenoxy) is 2. The van der Waals surface area contributed by atoms with Crippen LogP contribution in [0.25, 0.3) is 20.9 Å². The van der Waals surface area contributed by atoms with E-state index in [0.717, 1.165) is 5.56 Å². The maximum atomic E-state index is 14.6. The zero-order chi connectivity index (χ0) is 32.2. The Balaban J connectivity index is 1.64. The molecular weight excluding hydrogens is 584 g/mol. The third kappa shape index (κ3) is 7.28. The average molecular weight is 617 g/mol. The van der Waals surface area contributed by atoms with E-state index in [9.17, 15) is 10.3 Å². The minimum absolute atomic E-state index is 0.0303. The van der Waals surface area contributed by atoms with Crippen molar-refractivity contribution < 1.29 is 19.4 Å². The lowest BCUT2D eigenvalue weighted by Gasteiger charge is -2.32. The van der Waals surface area contributed by atoms with Gasteiger partial charge in [-0.15, -0.1) is 0 Å². The number of nitrogens with zero attached hydrogens (tertiary/aromatic N) is 7. The number of azide groups is 2. The SMILES string of the molecule is [N-]=[N+]=NCc1ccccc1[C@H]1OC(c2ccc(OCCCO)cc2)=N[C@@]1(Cc1ccccc1N=[N+]=[N-])C(=O)NCc1ccccc1. The predicted octanol–water partition coefficient (Wildman–Crippen LogP) is 7.02. The van der Waals surface area contributed by atoms with Crippen LogP contribution in [0.2, 0.25) is 0 Å². The monoisotopic (exact) mass is 616 g/mol. The molecule has 0 saturated carbocycles. The third-order valence-corrected chi connectivity index (χ3v) is 7.57. The quantitative estimate of drug-likeness (QED) is 0.0670. The second kappa shape index (κ2) is 15.3. The summed E-state index contributed by atoms with van der Waals surface area (Å²) >= 11 is 0. The van der Waals surface area contributed by atoms with Gasteiger partial charge in [-0.1, -0.05) is 89.1 Å². The molecular formula is C34H32N8O4. The Morgan fingerprint density at radius 2 is 1.65 bits per heavy atom. The van der Waals surface area contributed by atoms with Gasteiger partial charge in [0.25, 0.3) is 5.91 Å². The van der Waals surface area contributed by atoms with Gasteiger partial charge in [-0.25, -0.2) is 4.99 Å². The summed E-state index contributed by atoms with van der Waals surface area (Å²) in [6.45, 7) is 0.686. The average Bonchev–Trinajstić information content (AvgIpc) is 3.48. The molecule has 12 heteroatoms. The van der Waals surface area contributed by atoms with Crippen LogP contribution in [0, 0.1) is 0 Å². The van der Waals surface area contributed by atoms with Crippen molar-refractivity contribution in [3.63, 3.8) is 0 Å². The summed E-state index contributed by atoms with van der Waals surface area (Å²) < 4.78 is 12.3. The molecule has 4 aromatic carbocycles. The summed E-state index contributed by atoms with van der Waals surface area (Å²) in [6, 6.07) is 31.0. The molecule has 2 atom stereocenters. The van der Waals surface area contributed by atoms with Gasteiger partial charge in [0, 0.05) is 47.1 Å². The minimum atomic E-state index is -1.56. The molecule has 0 saturated heterocycles. The third-order valence-electron chi connectivity index (χ3n) is 7.57. The summed E-state index contributed by atoms with van der Waals surface area (Å²) in [5.74, 6) is 0.457. The van der Waals surface area contributed by atoms with E-state index in [2.05, 4.69) is 25.4 Å². The Labute approximate surface area is 265 Å². The van der Waals surface area contributed by atoms with Gasteiger partial charge in [0.1, 0.15) is 5.75 Å². The van der Waals surface area contributed by atoms with E-state index >= 15 is 0 Å². The zero-order valence-electron chi connectivity index (χ0n) is 24.9. The minimum Gasteiger partial charge on any atom is -0.494 e. The van der Waals surface area contributed by atoms with Crippen LogP contribution < -0.4 is 10.1 Å². The lowest BCUT2D eigenvalue weighted by molar-refractivity contribution is -0.129. The van der Waals surface area contributed by atoms with E-state index in [0.29, 0.717) is 46.7 Å². The van der Waals surface area contributed by atoms with E-state index in [4.69, 9.17) is 25.1 Å². The molecule has 0 radical (unpaired) electrons. The molecule has 0 bridgehead atoms. The number of aliphatic hydroxyl groups is 1. The topological polar surface area (TPSA) is 178 Å². The number of nitrogens with one attached hydrogen (secondary N) is 1. The number of amides is 1. The fraction of sp³-hybridized carbons (Fsp3) is 0.235. The van der Waals surface area contributed by atoms with E-state index < -0.39 is 17.6 Å². The molecule has 46 heavy (non-hydrogen) atoms. The normalized spacial score (nSPS) is 16.7. The van der Waals surface area contributed by atoms with Crippen molar-refractivity contribution in [1.29, 1.82) is 0 Å². The van der Waals surface area contributed by atoms with Crippen molar-refractivity contribution in [3.05, 3.63) is 152 Å². The van der Waals surface area contributed by atoms with Gasteiger partial charge < -0.3 is 19.9 Å². The molecule has 1 aliphatic rings. The standard InChI is InChI=1S/C34H32N8O4/c35-41-38-23-27-12-4-6-13-29(27)31-34(21-26-11-5-7-14-30(26)40-42-36,33(44)37-22-24-9-2-1-3-10-24)39-32(46-31)25-15-17-28(18-16-25)45-20-8-19-43/h1-7,9-18,31,43H,8,19-23H2,(H,37,44)/t31-,34-/m1/s1. The van der Waals surface area contributed by atoms with Gasteiger partial charge in [-0.3, -0.25) is 4.79 Å². The molecule has 5 rings (SSSR count). The highest BCUT2D eigenvalue weighted by Crippen LogP contribution is 2.45. The van der Waals surface area contributed by atoms with Crippen molar-refractivity contribution in [2.24, 2.45) is 15.2 Å². The van der Waals surface area contributed by atoms with Crippen LogP contribution in [0.5, 0.6) is 5.75 Å². The highest BCUT2D eigenvalue weighted by molar-refractivity contribution is 6.01. The molecule has 0 spiro atoms. The van der Waals surface area contributed by atoms with Gasteiger partial charge in [0.05, 0.1) is 13.2 Å². The molecule has 0 aliphatic carbocycles. The van der Waals surface area contributed by atoms with Crippen molar-refractivity contribution in [3.8, 4) is 5.75 Å². The second-order valence-corrected chi connectivity index (χ2v) is 10.5. The van der Waals surface area contributed by atoms with Crippen molar-refractivity contribution in [2.75, 3.05) is 13.2 Å². The van der Waals surface area contributed by atoms with E-state index in [1.165, 1.54) is 0 Å². The van der Waals surface area contributed by atoms with Crippen LogP contribution >= 0.6 is 0 Å². The molecule has 1 amide bonds. The summed E-state index contributed by atoms with van der Waals surface area (Å²) in [5.41, 5.74) is 20.6. The maximum absolute atomic E-state index is 14.6. The van der Waals surface area contributed by atoms with Gasteiger partial charge >= 0.3 is 0 Å². The highest BCUT2D eigenvalue weighted by Gasteiger charge is 2.54. The fourth-order valence-electron chi connectivity index (χ4n) is 5.33. The first-order valence-electron chi connectivity index (χ1n) is 14.7. The van der Waals surface area contributed by atoms with Crippen molar-refractivity contribution in [2.45, 2.75) is 37.6 Å². The molecule has 0 unspecified atom stereocenters. The molecule has 0 aromatic heterocycles. The summed E-state index contributed by atoms with van der Waals surface area (Å²) in [6.07, 6.45) is -0.398. The van der Waals surface area contributed by atoms with Crippen LogP contribution in [0.15, 0.2) is 118 Å². The van der Waals surface area contributed by atoms with Gasteiger partial charge in [-0.05, 0) is 57.6 Å².